The van der Waals surface area contributed by atoms with E-state index >= 15 is 0 Å². The van der Waals surface area contributed by atoms with Gasteiger partial charge in [0.05, 0.1) is 29.8 Å². The van der Waals surface area contributed by atoms with Crippen LogP contribution in [0.2, 0.25) is 5.02 Å². The number of morpholine rings is 1. The van der Waals surface area contributed by atoms with Crippen LogP contribution in [0.5, 0.6) is 0 Å². The van der Waals surface area contributed by atoms with E-state index in [2.05, 4.69) is 16.8 Å². The Hall–Kier alpha value is -1.33. The van der Waals surface area contributed by atoms with Crippen LogP contribution in [0.1, 0.15) is 6.92 Å². The van der Waals surface area contributed by atoms with Crippen LogP contribution in [-0.2, 0) is 9.53 Å². The highest BCUT2D eigenvalue weighted by Gasteiger charge is 2.37. The number of aromatic nitrogens is 1. The zero-order chi connectivity index (χ0) is 14.8. The van der Waals surface area contributed by atoms with Crippen LogP contribution in [-0.4, -0.2) is 55.2 Å². The van der Waals surface area contributed by atoms with Crippen molar-refractivity contribution in [3.8, 4) is 0 Å². The molecule has 1 aromatic heterocycles. The molecule has 2 aliphatic heterocycles. The standard InChI is InChI=1S/C15H20ClN3O2/c1-11-9-19(14-2-3-17-8-13(14)16)10-12(11)15(20)18-4-6-21-7-5-18/h2-3,8,11-12H,4-7,9-10H2,1H3/t11-,12-/m1/s1. The van der Waals surface area contributed by atoms with E-state index in [1.54, 1.807) is 12.4 Å². The number of amides is 1. The van der Waals surface area contributed by atoms with Crippen LogP contribution >= 0.6 is 11.6 Å². The average molecular weight is 310 g/mol. The Morgan fingerprint density at radius 3 is 2.86 bits per heavy atom. The summed E-state index contributed by atoms with van der Waals surface area (Å²) in [5, 5.41) is 0.643. The van der Waals surface area contributed by atoms with E-state index in [4.69, 9.17) is 16.3 Å². The summed E-state index contributed by atoms with van der Waals surface area (Å²) < 4.78 is 5.32. The normalized spacial score (nSPS) is 26.2. The minimum absolute atomic E-state index is 0.0346. The van der Waals surface area contributed by atoms with Crippen LogP contribution in [0.15, 0.2) is 18.5 Å². The summed E-state index contributed by atoms with van der Waals surface area (Å²) >= 11 is 6.21. The monoisotopic (exact) mass is 309 g/mol. The van der Waals surface area contributed by atoms with E-state index < -0.39 is 0 Å². The maximum Gasteiger partial charge on any atom is 0.227 e. The maximum atomic E-state index is 12.7. The topological polar surface area (TPSA) is 45.7 Å². The van der Waals surface area contributed by atoms with Gasteiger partial charge in [0, 0.05) is 38.6 Å². The lowest BCUT2D eigenvalue weighted by molar-refractivity contribution is -0.140. The van der Waals surface area contributed by atoms with Crippen LogP contribution < -0.4 is 4.90 Å². The predicted octanol–water partition coefficient (Wildman–Crippen LogP) is 1.67. The average Bonchev–Trinajstić information content (AvgIpc) is 2.89. The van der Waals surface area contributed by atoms with Gasteiger partial charge in [-0.15, -0.1) is 0 Å². The third kappa shape index (κ3) is 2.99. The first-order valence-electron chi connectivity index (χ1n) is 7.38. The van der Waals surface area contributed by atoms with Crippen molar-refractivity contribution in [2.75, 3.05) is 44.3 Å². The van der Waals surface area contributed by atoms with Gasteiger partial charge in [0.15, 0.2) is 0 Å². The third-order valence-corrected chi connectivity index (χ3v) is 4.64. The second-order valence-electron chi connectivity index (χ2n) is 5.75. The molecule has 6 heteroatoms. The second-order valence-corrected chi connectivity index (χ2v) is 6.16. The van der Waals surface area contributed by atoms with Crippen molar-refractivity contribution in [1.29, 1.82) is 0 Å². The zero-order valence-corrected chi connectivity index (χ0v) is 12.9. The number of halogens is 1. The SMILES string of the molecule is C[C@@H]1CN(c2ccncc2Cl)C[C@H]1C(=O)N1CCOCC1. The van der Waals surface area contributed by atoms with Gasteiger partial charge >= 0.3 is 0 Å². The number of hydrogen-bond acceptors (Lipinski definition) is 4. The van der Waals surface area contributed by atoms with E-state index in [0.29, 0.717) is 37.2 Å². The summed E-state index contributed by atoms with van der Waals surface area (Å²) in [4.78, 5) is 20.8. The highest BCUT2D eigenvalue weighted by atomic mass is 35.5. The Morgan fingerprint density at radius 2 is 2.14 bits per heavy atom. The van der Waals surface area contributed by atoms with Gasteiger partial charge < -0.3 is 14.5 Å². The molecule has 3 rings (SSSR count). The van der Waals surface area contributed by atoms with Gasteiger partial charge in [-0.05, 0) is 12.0 Å². The van der Waals surface area contributed by atoms with Crippen molar-refractivity contribution in [2.45, 2.75) is 6.92 Å². The molecule has 0 N–H and O–H groups in total. The molecule has 2 saturated heterocycles. The van der Waals surface area contributed by atoms with Crippen molar-refractivity contribution < 1.29 is 9.53 Å². The molecule has 0 saturated carbocycles. The van der Waals surface area contributed by atoms with E-state index in [9.17, 15) is 4.79 Å². The molecule has 0 spiro atoms. The summed E-state index contributed by atoms with van der Waals surface area (Å²) in [6.07, 6.45) is 3.39. The molecule has 0 unspecified atom stereocenters. The summed E-state index contributed by atoms with van der Waals surface area (Å²) in [6.45, 7) is 6.42. The lowest BCUT2D eigenvalue weighted by Crippen LogP contribution is -2.45. The molecule has 3 heterocycles. The largest absolute Gasteiger partial charge is 0.378 e. The van der Waals surface area contributed by atoms with Crippen LogP contribution in [0.25, 0.3) is 0 Å². The van der Waals surface area contributed by atoms with Gasteiger partial charge in [-0.25, -0.2) is 0 Å². The lowest BCUT2D eigenvalue weighted by atomic mass is 9.96. The summed E-state index contributed by atoms with van der Waals surface area (Å²) in [7, 11) is 0. The number of carbonyl (C=O) groups is 1. The number of nitrogens with zero attached hydrogens (tertiary/aromatic N) is 3. The molecule has 0 radical (unpaired) electrons. The minimum Gasteiger partial charge on any atom is -0.378 e. The summed E-state index contributed by atoms with van der Waals surface area (Å²) in [5.74, 6) is 0.607. The number of anilines is 1. The Balaban J connectivity index is 1.71. The van der Waals surface area contributed by atoms with E-state index in [1.165, 1.54) is 0 Å². The van der Waals surface area contributed by atoms with Gasteiger partial charge in [-0.3, -0.25) is 9.78 Å². The molecule has 5 nitrogen and oxygen atoms in total. The summed E-state index contributed by atoms with van der Waals surface area (Å²) in [5.41, 5.74) is 0.968. The molecular weight excluding hydrogens is 290 g/mol. The van der Waals surface area contributed by atoms with Crippen LogP contribution in [0.4, 0.5) is 5.69 Å². The summed E-state index contributed by atoms with van der Waals surface area (Å²) in [6, 6.07) is 1.91. The predicted molar refractivity (Wildman–Crippen MR) is 81.5 cm³/mol. The van der Waals surface area contributed by atoms with Crippen molar-refractivity contribution in [1.82, 2.24) is 9.88 Å². The fourth-order valence-corrected chi connectivity index (χ4v) is 3.37. The van der Waals surface area contributed by atoms with Gasteiger partial charge in [0.25, 0.3) is 0 Å². The second kappa shape index (κ2) is 6.20. The minimum atomic E-state index is 0.0346. The number of pyridine rings is 1. The van der Waals surface area contributed by atoms with Crippen LogP contribution in [0.3, 0.4) is 0 Å². The number of ether oxygens (including phenoxy) is 1. The molecule has 1 aromatic rings. The van der Waals surface area contributed by atoms with Gasteiger partial charge in [0.2, 0.25) is 5.91 Å². The van der Waals surface area contributed by atoms with Gasteiger partial charge in [0.1, 0.15) is 0 Å². The zero-order valence-electron chi connectivity index (χ0n) is 12.2. The number of rotatable bonds is 2. The molecule has 0 aromatic carbocycles. The highest BCUT2D eigenvalue weighted by molar-refractivity contribution is 6.33. The first-order valence-corrected chi connectivity index (χ1v) is 7.75. The number of carbonyl (C=O) groups excluding carboxylic acids is 1. The fraction of sp³-hybridized carbons (Fsp3) is 0.600. The molecule has 0 bridgehead atoms. The van der Waals surface area contributed by atoms with E-state index in [-0.39, 0.29) is 11.8 Å². The maximum absolute atomic E-state index is 12.7. The Kier molecular flexibility index (Phi) is 4.31. The van der Waals surface area contributed by atoms with Crippen molar-refractivity contribution in [2.24, 2.45) is 11.8 Å². The first-order chi connectivity index (χ1) is 10.2. The lowest BCUT2D eigenvalue weighted by Gasteiger charge is -2.30. The molecule has 21 heavy (non-hydrogen) atoms. The van der Waals surface area contributed by atoms with Gasteiger partial charge in [-0.2, -0.15) is 0 Å². The Labute approximate surface area is 129 Å². The van der Waals surface area contributed by atoms with Gasteiger partial charge in [-0.1, -0.05) is 18.5 Å². The molecule has 2 aliphatic rings. The molecule has 2 fully saturated rings. The molecule has 2 atom stereocenters. The molecular formula is C15H20ClN3O2. The highest BCUT2D eigenvalue weighted by Crippen LogP contribution is 2.33. The third-order valence-electron chi connectivity index (χ3n) is 4.34. The number of hydrogen-bond donors (Lipinski definition) is 0. The Bertz CT molecular complexity index is 519. The van der Waals surface area contributed by atoms with E-state index in [1.807, 2.05) is 11.0 Å². The van der Waals surface area contributed by atoms with Crippen molar-refractivity contribution >= 4 is 23.2 Å². The first kappa shape index (κ1) is 14.6. The molecule has 1 amide bonds. The van der Waals surface area contributed by atoms with Crippen LogP contribution in [0, 0.1) is 11.8 Å². The Morgan fingerprint density at radius 1 is 1.38 bits per heavy atom. The van der Waals surface area contributed by atoms with E-state index in [0.717, 1.165) is 18.8 Å². The molecule has 114 valence electrons. The van der Waals surface area contributed by atoms with Crippen molar-refractivity contribution in [3.63, 3.8) is 0 Å². The quantitative estimate of drug-likeness (QED) is 0.833. The molecule has 0 aliphatic carbocycles. The van der Waals surface area contributed by atoms with Crippen molar-refractivity contribution in [3.05, 3.63) is 23.5 Å². The fourth-order valence-electron chi connectivity index (χ4n) is 3.13. The smallest absolute Gasteiger partial charge is 0.227 e.